The zero-order chi connectivity index (χ0) is 16.6. The van der Waals surface area contributed by atoms with Gasteiger partial charge in [-0.1, -0.05) is 0 Å². The number of likely N-dealkylation sites (tertiary alicyclic amines) is 1. The summed E-state index contributed by atoms with van der Waals surface area (Å²) in [5.74, 6) is -0.224. The van der Waals surface area contributed by atoms with Crippen LogP contribution in [0.3, 0.4) is 0 Å². The first kappa shape index (κ1) is 15.9. The topological polar surface area (TPSA) is 55.6 Å². The van der Waals surface area contributed by atoms with E-state index >= 15 is 0 Å². The number of carbonyl (C=O) groups excluding carboxylic acids is 1. The van der Waals surface area contributed by atoms with Gasteiger partial charge in [0.25, 0.3) is 5.91 Å². The highest BCUT2D eigenvalue weighted by molar-refractivity contribution is 9.10. The zero-order valence-electron chi connectivity index (χ0n) is 11.5. The Morgan fingerprint density at radius 1 is 1.35 bits per heavy atom. The Labute approximate surface area is 137 Å². The number of furan rings is 1. The van der Waals surface area contributed by atoms with Gasteiger partial charge in [-0.2, -0.15) is 13.2 Å². The van der Waals surface area contributed by atoms with Crippen LogP contribution in [0.5, 0.6) is 5.88 Å². The molecule has 3 rings (SSSR count). The number of pyridine rings is 1. The molecule has 0 aromatic carbocycles. The molecule has 2 aromatic heterocycles. The van der Waals surface area contributed by atoms with E-state index in [1.807, 2.05) is 0 Å². The minimum Gasteiger partial charge on any atom is -0.471 e. The molecule has 0 saturated carbocycles. The van der Waals surface area contributed by atoms with Gasteiger partial charge in [-0.15, -0.1) is 0 Å². The predicted molar refractivity (Wildman–Crippen MR) is 76.0 cm³/mol. The molecule has 0 radical (unpaired) electrons. The molecule has 1 aliphatic rings. The number of hydrogen-bond donors (Lipinski definition) is 0. The summed E-state index contributed by atoms with van der Waals surface area (Å²) in [5.41, 5.74) is -0.824. The van der Waals surface area contributed by atoms with Crippen LogP contribution in [0.15, 0.2) is 39.5 Å². The molecule has 1 aliphatic heterocycles. The number of aromatic nitrogens is 1. The lowest BCUT2D eigenvalue weighted by molar-refractivity contribution is -0.137. The van der Waals surface area contributed by atoms with Crippen molar-refractivity contribution in [2.45, 2.75) is 12.3 Å². The molecule has 0 bridgehead atoms. The molecule has 122 valence electrons. The minimum absolute atomic E-state index is 0.113. The summed E-state index contributed by atoms with van der Waals surface area (Å²) in [6.07, 6.45) is -3.80. The normalized spacial score (nSPS) is 15.4. The zero-order valence-corrected chi connectivity index (χ0v) is 13.1. The molecule has 0 atom stereocenters. The molecule has 1 fully saturated rings. The van der Waals surface area contributed by atoms with Crippen LogP contribution in [0.1, 0.15) is 16.1 Å². The van der Waals surface area contributed by atoms with Crippen molar-refractivity contribution in [1.29, 1.82) is 0 Å². The summed E-state index contributed by atoms with van der Waals surface area (Å²) >= 11 is 3.11. The van der Waals surface area contributed by atoms with Gasteiger partial charge in [0.2, 0.25) is 5.88 Å². The highest BCUT2D eigenvalue weighted by Gasteiger charge is 2.35. The van der Waals surface area contributed by atoms with Crippen molar-refractivity contribution in [3.05, 3.63) is 46.5 Å². The molecule has 2 aromatic rings. The van der Waals surface area contributed by atoms with Gasteiger partial charge < -0.3 is 14.1 Å². The summed E-state index contributed by atoms with van der Waals surface area (Å²) < 4.78 is 48.8. The molecule has 0 unspecified atom stereocenters. The van der Waals surface area contributed by atoms with Crippen LogP contribution in [0.4, 0.5) is 13.2 Å². The van der Waals surface area contributed by atoms with E-state index < -0.39 is 17.8 Å². The Kier molecular flexibility index (Phi) is 4.05. The number of ether oxygens (including phenoxy) is 1. The maximum Gasteiger partial charge on any atom is 0.416 e. The van der Waals surface area contributed by atoms with Gasteiger partial charge in [-0.25, -0.2) is 4.98 Å². The van der Waals surface area contributed by atoms with Crippen LogP contribution >= 0.6 is 15.9 Å². The van der Waals surface area contributed by atoms with E-state index in [4.69, 9.17) is 9.15 Å². The van der Waals surface area contributed by atoms with Gasteiger partial charge >= 0.3 is 6.18 Å². The minimum atomic E-state index is -4.45. The van der Waals surface area contributed by atoms with E-state index in [2.05, 4.69) is 20.9 Å². The first-order valence-corrected chi connectivity index (χ1v) is 7.37. The predicted octanol–water partition coefficient (Wildman–Crippen LogP) is 3.36. The van der Waals surface area contributed by atoms with E-state index in [9.17, 15) is 18.0 Å². The van der Waals surface area contributed by atoms with Crippen molar-refractivity contribution in [2.75, 3.05) is 13.1 Å². The molecule has 1 saturated heterocycles. The Hall–Kier alpha value is -2.03. The number of rotatable bonds is 3. The van der Waals surface area contributed by atoms with Crippen molar-refractivity contribution >= 4 is 21.8 Å². The molecule has 1 amide bonds. The Balaban J connectivity index is 1.57. The van der Waals surface area contributed by atoms with Gasteiger partial charge in [0.15, 0.2) is 10.4 Å². The summed E-state index contributed by atoms with van der Waals surface area (Å²) in [5, 5.41) is 0. The van der Waals surface area contributed by atoms with Crippen LogP contribution in [0.2, 0.25) is 0 Å². The first-order chi connectivity index (χ1) is 10.8. The third-order valence-electron chi connectivity index (χ3n) is 3.27. The van der Waals surface area contributed by atoms with Gasteiger partial charge in [-0.3, -0.25) is 4.79 Å². The second-order valence-corrected chi connectivity index (χ2v) is 5.72. The number of halogens is 4. The van der Waals surface area contributed by atoms with E-state index in [1.54, 1.807) is 6.07 Å². The Morgan fingerprint density at radius 3 is 2.70 bits per heavy atom. The highest BCUT2D eigenvalue weighted by Crippen LogP contribution is 2.31. The third-order valence-corrected chi connectivity index (χ3v) is 3.70. The number of carbonyl (C=O) groups is 1. The van der Waals surface area contributed by atoms with Crippen molar-refractivity contribution < 1.29 is 27.1 Å². The molecule has 0 spiro atoms. The summed E-state index contributed by atoms with van der Waals surface area (Å²) in [4.78, 5) is 17.2. The fourth-order valence-corrected chi connectivity index (χ4v) is 2.39. The van der Waals surface area contributed by atoms with Gasteiger partial charge in [0.1, 0.15) is 6.10 Å². The third kappa shape index (κ3) is 3.49. The fourth-order valence-electron chi connectivity index (χ4n) is 2.08. The van der Waals surface area contributed by atoms with Gasteiger partial charge in [0.05, 0.1) is 18.7 Å². The Bertz CT molecular complexity index is 726. The van der Waals surface area contributed by atoms with E-state index in [1.165, 1.54) is 11.0 Å². The quantitative estimate of drug-likeness (QED) is 0.806. The van der Waals surface area contributed by atoms with Crippen LogP contribution in [-0.2, 0) is 6.18 Å². The molecule has 3 heterocycles. The van der Waals surface area contributed by atoms with E-state index in [0.29, 0.717) is 4.67 Å². The molecule has 23 heavy (non-hydrogen) atoms. The molecular formula is C14H10BrF3N2O3. The maximum atomic E-state index is 12.6. The molecule has 0 aliphatic carbocycles. The standard InChI is InChI=1S/C14H10BrF3N2O3/c15-11-2-1-10(23-11)13(21)20-6-9(7-20)22-12-5-8(3-4-19-12)14(16,17)18/h1-5,9H,6-7H2. The Morgan fingerprint density at radius 2 is 2.09 bits per heavy atom. The molecule has 0 N–H and O–H groups in total. The molecular weight excluding hydrogens is 381 g/mol. The summed E-state index contributed by atoms with van der Waals surface area (Å²) in [6, 6.07) is 4.86. The van der Waals surface area contributed by atoms with Gasteiger partial charge in [-0.05, 0) is 34.1 Å². The number of hydrogen-bond acceptors (Lipinski definition) is 4. The summed E-state index contributed by atoms with van der Waals surface area (Å²) in [6.45, 7) is 0.518. The summed E-state index contributed by atoms with van der Waals surface area (Å²) in [7, 11) is 0. The van der Waals surface area contributed by atoms with Gasteiger partial charge in [0, 0.05) is 12.3 Å². The molecule has 9 heteroatoms. The van der Waals surface area contributed by atoms with Crippen LogP contribution in [0.25, 0.3) is 0 Å². The maximum absolute atomic E-state index is 12.6. The molecule has 5 nitrogen and oxygen atoms in total. The van der Waals surface area contributed by atoms with Crippen LogP contribution < -0.4 is 4.74 Å². The second-order valence-electron chi connectivity index (χ2n) is 4.93. The second kappa shape index (κ2) is 5.88. The average molecular weight is 391 g/mol. The highest BCUT2D eigenvalue weighted by atomic mass is 79.9. The number of nitrogens with zero attached hydrogens (tertiary/aromatic N) is 2. The van der Waals surface area contributed by atoms with Crippen LogP contribution in [-0.4, -0.2) is 35.0 Å². The first-order valence-electron chi connectivity index (χ1n) is 6.57. The number of amides is 1. The smallest absolute Gasteiger partial charge is 0.416 e. The monoisotopic (exact) mass is 390 g/mol. The lowest BCUT2D eigenvalue weighted by Crippen LogP contribution is -2.56. The van der Waals surface area contributed by atoms with Crippen molar-refractivity contribution in [3.63, 3.8) is 0 Å². The van der Waals surface area contributed by atoms with E-state index in [0.717, 1.165) is 18.3 Å². The lowest BCUT2D eigenvalue weighted by Gasteiger charge is -2.38. The van der Waals surface area contributed by atoms with Crippen molar-refractivity contribution in [3.8, 4) is 5.88 Å². The fraction of sp³-hybridized carbons (Fsp3) is 0.286. The average Bonchev–Trinajstić information content (AvgIpc) is 2.88. The van der Waals surface area contributed by atoms with Crippen molar-refractivity contribution in [2.24, 2.45) is 0 Å². The largest absolute Gasteiger partial charge is 0.471 e. The van der Waals surface area contributed by atoms with Crippen LogP contribution in [0, 0.1) is 0 Å². The lowest BCUT2D eigenvalue weighted by atomic mass is 10.1. The number of alkyl halides is 3. The van der Waals surface area contributed by atoms with Crippen molar-refractivity contribution in [1.82, 2.24) is 9.88 Å². The SMILES string of the molecule is O=C(c1ccc(Br)o1)N1CC(Oc2cc(C(F)(F)F)ccn2)C1. The van der Waals surface area contributed by atoms with E-state index in [-0.39, 0.29) is 30.6 Å².